The number of rotatable bonds is 5. The van der Waals surface area contributed by atoms with E-state index in [0.717, 1.165) is 51.4 Å². The van der Waals surface area contributed by atoms with Crippen LogP contribution in [0.3, 0.4) is 0 Å². The van der Waals surface area contributed by atoms with Gasteiger partial charge in [-0.05, 0) is 64.2 Å². The number of hydrogen-bond donors (Lipinski definition) is 2. The molecule has 2 fully saturated rings. The summed E-state index contributed by atoms with van der Waals surface area (Å²) >= 11 is 0. The fourth-order valence-corrected chi connectivity index (χ4v) is 3.02. The molecule has 1 atom stereocenters. The van der Waals surface area contributed by atoms with Crippen LogP contribution in [0, 0.1) is 11.8 Å². The van der Waals surface area contributed by atoms with Crippen LogP contribution in [0.4, 0.5) is 0 Å². The van der Waals surface area contributed by atoms with Gasteiger partial charge in [0.1, 0.15) is 0 Å². The van der Waals surface area contributed by atoms with E-state index in [0.29, 0.717) is 0 Å². The maximum atomic E-state index is 11.9. The van der Waals surface area contributed by atoms with Gasteiger partial charge < -0.3 is 15.5 Å². The van der Waals surface area contributed by atoms with E-state index in [1.165, 1.54) is 25.9 Å². The molecular weight excluding hydrogens is 238 g/mol. The summed E-state index contributed by atoms with van der Waals surface area (Å²) in [6, 6.07) is 0. The van der Waals surface area contributed by atoms with Crippen molar-refractivity contribution in [1.82, 2.24) is 15.5 Å². The first-order valence-corrected chi connectivity index (χ1v) is 7.96. The Bertz CT molecular complexity index is 269. The lowest BCUT2D eigenvalue weighted by Gasteiger charge is -2.30. The SMILES string of the molecule is CC1CCN(CCCNC(=O)C2CCCNC2)CC1. The molecule has 0 aromatic rings. The van der Waals surface area contributed by atoms with Gasteiger partial charge >= 0.3 is 0 Å². The van der Waals surface area contributed by atoms with Gasteiger partial charge in [-0.2, -0.15) is 0 Å². The summed E-state index contributed by atoms with van der Waals surface area (Å²) in [5, 5.41) is 6.39. The Morgan fingerprint density at radius 2 is 2.11 bits per heavy atom. The highest BCUT2D eigenvalue weighted by molar-refractivity contribution is 5.78. The van der Waals surface area contributed by atoms with Gasteiger partial charge in [0.05, 0.1) is 5.92 Å². The van der Waals surface area contributed by atoms with Crippen LogP contribution < -0.4 is 10.6 Å². The molecule has 4 heteroatoms. The van der Waals surface area contributed by atoms with Crippen LogP contribution in [0.25, 0.3) is 0 Å². The van der Waals surface area contributed by atoms with E-state index in [-0.39, 0.29) is 11.8 Å². The number of hydrogen-bond acceptors (Lipinski definition) is 3. The normalized spacial score (nSPS) is 26.3. The van der Waals surface area contributed by atoms with Crippen molar-refractivity contribution in [3.8, 4) is 0 Å². The van der Waals surface area contributed by atoms with Crippen molar-refractivity contribution >= 4 is 5.91 Å². The molecule has 2 rings (SSSR count). The molecule has 0 radical (unpaired) electrons. The second-order valence-corrected chi connectivity index (χ2v) is 6.21. The van der Waals surface area contributed by atoms with Gasteiger partial charge in [0, 0.05) is 13.1 Å². The Morgan fingerprint density at radius 3 is 2.79 bits per heavy atom. The van der Waals surface area contributed by atoms with Crippen LogP contribution in [0.15, 0.2) is 0 Å². The maximum absolute atomic E-state index is 11.9. The summed E-state index contributed by atoms with van der Waals surface area (Å²) < 4.78 is 0. The van der Waals surface area contributed by atoms with E-state index >= 15 is 0 Å². The topological polar surface area (TPSA) is 44.4 Å². The Hall–Kier alpha value is -0.610. The number of carbonyl (C=O) groups is 1. The van der Waals surface area contributed by atoms with Crippen molar-refractivity contribution in [2.45, 2.75) is 39.0 Å². The summed E-state index contributed by atoms with van der Waals surface area (Å²) in [5.74, 6) is 1.35. The lowest BCUT2D eigenvalue weighted by Crippen LogP contribution is -2.41. The average molecular weight is 267 g/mol. The third-order valence-electron chi connectivity index (χ3n) is 4.49. The molecule has 2 aliphatic rings. The molecule has 2 N–H and O–H groups in total. The molecule has 110 valence electrons. The Morgan fingerprint density at radius 1 is 1.32 bits per heavy atom. The zero-order chi connectivity index (χ0) is 13.5. The molecule has 19 heavy (non-hydrogen) atoms. The quantitative estimate of drug-likeness (QED) is 0.736. The van der Waals surface area contributed by atoms with Crippen LogP contribution in [-0.2, 0) is 4.79 Å². The summed E-state index contributed by atoms with van der Waals surface area (Å²) in [5.41, 5.74) is 0. The van der Waals surface area contributed by atoms with E-state index in [9.17, 15) is 4.79 Å². The van der Waals surface area contributed by atoms with Crippen LogP contribution in [-0.4, -0.2) is 50.1 Å². The van der Waals surface area contributed by atoms with Crippen molar-refractivity contribution in [3.63, 3.8) is 0 Å². The largest absolute Gasteiger partial charge is 0.356 e. The molecule has 0 aromatic heterocycles. The number of likely N-dealkylation sites (tertiary alicyclic amines) is 1. The Kier molecular flexibility index (Phi) is 6.11. The fraction of sp³-hybridized carbons (Fsp3) is 0.933. The molecule has 0 aliphatic carbocycles. The summed E-state index contributed by atoms with van der Waals surface area (Å²) in [4.78, 5) is 14.5. The van der Waals surface area contributed by atoms with Gasteiger partial charge in [-0.3, -0.25) is 4.79 Å². The highest BCUT2D eigenvalue weighted by Crippen LogP contribution is 2.15. The van der Waals surface area contributed by atoms with Crippen molar-refractivity contribution < 1.29 is 4.79 Å². The number of nitrogens with zero attached hydrogens (tertiary/aromatic N) is 1. The predicted molar refractivity (Wildman–Crippen MR) is 78.1 cm³/mol. The van der Waals surface area contributed by atoms with Crippen molar-refractivity contribution in [2.24, 2.45) is 11.8 Å². The standard InChI is InChI=1S/C15H29N3O/c1-13-5-10-18(11-6-13)9-3-8-17-15(19)14-4-2-7-16-12-14/h13-14,16H,2-12H2,1H3,(H,17,19). The third-order valence-corrected chi connectivity index (χ3v) is 4.49. The van der Waals surface area contributed by atoms with Crippen LogP contribution in [0.2, 0.25) is 0 Å². The minimum absolute atomic E-state index is 0.199. The fourth-order valence-electron chi connectivity index (χ4n) is 3.02. The summed E-state index contributed by atoms with van der Waals surface area (Å²) in [7, 11) is 0. The van der Waals surface area contributed by atoms with Crippen LogP contribution >= 0.6 is 0 Å². The average Bonchev–Trinajstić information content (AvgIpc) is 2.46. The predicted octanol–water partition coefficient (Wildman–Crippen LogP) is 1.22. The highest BCUT2D eigenvalue weighted by atomic mass is 16.1. The van der Waals surface area contributed by atoms with E-state index in [1.807, 2.05) is 0 Å². The molecule has 0 saturated carbocycles. The van der Waals surface area contributed by atoms with Gasteiger partial charge in [0.15, 0.2) is 0 Å². The van der Waals surface area contributed by atoms with Crippen molar-refractivity contribution in [3.05, 3.63) is 0 Å². The van der Waals surface area contributed by atoms with Gasteiger partial charge in [0.25, 0.3) is 0 Å². The van der Waals surface area contributed by atoms with Crippen LogP contribution in [0.5, 0.6) is 0 Å². The van der Waals surface area contributed by atoms with Gasteiger partial charge in [-0.1, -0.05) is 6.92 Å². The lowest BCUT2D eigenvalue weighted by atomic mass is 9.98. The van der Waals surface area contributed by atoms with E-state index in [4.69, 9.17) is 0 Å². The van der Waals surface area contributed by atoms with E-state index < -0.39 is 0 Å². The summed E-state index contributed by atoms with van der Waals surface area (Å²) in [6.45, 7) is 8.71. The first-order chi connectivity index (χ1) is 9.25. The molecule has 1 amide bonds. The molecule has 0 spiro atoms. The number of piperidine rings is 2. The zero-order valence-electron chi connectivity index (χ0n) is 12.3. The first-order valence-electron chi connectivity index (χ1n) is 7.96. The molecule has 2 aliphatic heterocycles. The molecule has 1 unspecified atom stereocenters. The minimum atomic E-state index is 0.199. The van der Waals surface area contributed by atoms with Crippen molar-refractivity contribution in [2.75, 3.05) is 39.3 Å². The lowest BCUT2D eigenvalue weighted by molar-refractivity contribution is -0.125. The van der Waals surface area contributed by atoms with E-state index in [1.54, 1.807) is 0 Å². The molecule has 0 bridgehead atoms. The second kappa shape index (κ2) is 7.85. The molecule has 2 heterocycles. The number of nitrogens with one attached hydrogen (secondary N) is 2. The van der Waals surface area contributed by atoms with Crippen molar-refractivity contribution in [1.29, 1.82) is 0 Å². The number of carbonyl (C=O) groups excluding carboxylic acids is 1. The molecule has 0 aromatic carbocycles. The zero-order valence-corrected chi connectivity index (χ0v) is 12.3. The summed E-state index contributed by atoms with van der Waals surface area (Å²) in [6.07, 6.45) is 5.92. The Labute approximate surface area is 117 Å². The maximum Gasteiger partial charge on any atom is 0.224 e. The van der Waals surface area contributed by atoms with Gasteiger partial charge in [0.2, 0.25) is 5.91 Å². The smallest absolute Gasteiger partial charge is 0.224 e. The highest BCUT2D eigenvalue weighted by Gasteiger charge is 2.20. The van der Waals surface area contributed by atoms with Crippen LogP contribution in [0.1, 0.15) is 39.0 Å². The minimum Gasteiger partial charge on any atom is -0.356 e. The molecule has 2 saturated heterocycles. The number of amides is 1. The monoisotopic (exact) mass is 267 g/mol. The van der Waals surface area contributed by atoms with Gasteiger partial charge in [-0.15, -0.1) is 0 Å². The van der Waals surface area contributed by atoms with Gasteiger partial charge in [-0.25, -0.2) is 0 Å². The first kappa shape index (κ1) is 14.8. The Balaban J connectivity index is 1.52. The molecule has 4 nitrogen and oxygen atoms in total. The molecular formula is C15H29N3O. The third kappa shape index (κ3) is 5.11. The second-order valence-electron chi connectivity index (χ2n) is 6.21. The van der Waals surface area contributed by atoms with E-state index in [2.05, 4.69) is 22.5 Å².